The smallest absolute Gasteiger partial charge is 0.0235 e. The van der Waals surface area contributed by atoms with E-state index in [0.29, 0.717) is 6.04 Å². The highest BCUT2D eigenvalue weighted by molar-refractivity contribution is 5.14. The summed E-state index contributed by atoms with van der Waals surface area (Å²) < 4.78 is 0. The van der Waals surface area contributed by atoms with Gasteiger partial charge in [0.2, 0.25) is 0 Å². The first-order chi connectivity index (χ1) is 10.3. The molecule has 2 heterocycles. The lowest BCUT2D eigenvalue weighted by molar-refractivity contribution is 0.213. The molecule has 4 rings (SSSR count). The number of benzene rings is 1. The molecule has 4 atom stereocenters. The molecule has 3 fully saturated rings. The van der Waals surface area contributed by atoms with Gasteiger partial charge in [0.15, 0.2) is 0 Å². The van der Waals surface area contributed by atoms with E-state index >= 15 is 0 Å². The first kappa shape index (κ1) is 13.7. The number of nitrogens with two attached hydrogens (primary N) is 1. The molecule has 2 aliphatic heterocycles. The van der Waals surface area contributed by atoms with Crippen LogP contribution in [0.1, 0.15) is 24.8 Å². The molecular formula is C18H27N3. The van der Waals surface area contributed by atoms with E-state index in [1.54, 1.807) is 0 Å². The summed E-state index contributed by atoms with van der Waals surface area (Å²) in [6, 6.07) is 12.1. The van der Waals surface area contributed by atoms with Gasteiger partial charge in [0, 0.05) is 44.8 Å². The lowest BCUT2D eigenvalue weighted by atomic mass is 9.98. The zero-order valence-corrected chi connectivity index (χ0v) is 12.8. The first-order valence-electron chi connectivity index (χ1n) is 8.55. The number of hydrogen-bond acceptors (Lipinski definition) is 3. The summed E-state index contributed by atoms with van der Waals surface area (Å²) in [6.45, 7) is 6.16. The average Bonchev–Trinajstić information content (AvgIpc) is 3.18. The molecule has 2 N–H and O–H groups in total. The van der Waals surface area contributed by atoms with Gasteiger partial charge in [-0.2, -0.15) is 0 Å². The number of likely N-dealkylation sites (tertiary alicyclic amines) is 2. The van der Waals surface area contributed by atoms with Gasteiger partial charge in [-0.1, -0.05) is 30.3 Å². The highest BCUT2D eigenvalue weighted by Crippen LogP contribution is 2.38. The van der Waals surface area contributed by atoms with Gasteiger partial charge in [-0.25, -0.2) is 0 Å². The van der Waals surface area contributed by atoms with E-state index in [1.807, 2.05) is 0 Å². The molecule has 1 aromatic rings. The van der Waals surface area contributed by atoms with Crippen molar-refractivity contribution in [2.24, 2.45) is 17.6 Å². The number of hydrogen-bond donors (Lipinski definition) is 1. The fourth-order valence-electron chi connectivity index (χ4n) is 4.74. The van der Waals surface area contributed by atoms with Crippen LogP contribution in [-0.2, 0) is 6.54 Å². The summed E-state index contributed by atoms with van der Waals surface area (Å²) in [5.74, 6) is 1.68. The van der Waals surface area contributed by atoms with E-state index in [9.17, 15) is 0 Å². The molecule has 1 aliphatic carbocycles. The summed E-state index contributed by atoms with van der Waals surface area (Å²) in [7, 11) is 0. The Morgan fingerprint density at radius 1 is 1.00 bits per heavy atom. The van der Waals surface area contributed by atoms with Crippen LogP contribution in [0.15, 0.2) is 30.3 Å². The molecule has 1 saturated carbocycles. The zero-order chi connectivity index (χ0) is 14.2. The lowest BCUT2D eigenvalue weighted by Crippen LogP contribution is -2.38. The molecule has 0 spiro atoms. The van der Waals surface area contributed by atoms with Gasteiger partial charge in [0.1, 0.15) is 0 Å². The third kappa shape index (κ3) is 2.75. The second kappa shape index (κ2) is 5.71. The Morgan fingerprint density at radius 2 is 1.86 bits per heavy atom. The average molecular weight is 285 g/mol. The third-order valence-electron chi connectivity index (χ3n) is 5.95. The van der Waals surface area contributed by atoms with Gasteiger partial charge < -0.3 is 5.73 Å². The minimum atomic E-state index is 0.474. The van der Waals surface area contributed by atoms with Crippen molar-refractivity contribution >= 4 is 0 Å². The second-order valence-corrected chi connectivity index (χ2v) is 7.28. The minimum Gasteiger partial charge on any atom is -0.327 e. The Hall–Kier alpha value is -0.900. The van der Waals surface area contributed by atoms with Crippen LogP contribution in [0.4, 0.5) is 0 Å². The van der Waals surface area contributed by atoms with E-state index < -0.39 is 0 Å². The van der Waals surface area contributed by atoms with Gasteiger partial charge in [-0.15, -0.1) is 0 Å². The molecular weight excluding hydrogens is 258 g/mol. The predicted molar refractivity (Wildman–Crippen MR) is 85.9 cm³/mol. The van der Waals surface area contributed by atoms with E-state index in [-0.39, 0.29) is 0 Å². The van der Waals surface area contributed by atoms with Crippen molar-refractivity contribution in [1.82, 2.24) is 9.80 Å². The summed E-state index contributed by atoms with van der Waals surface area (Å²) in [6.07, 6.45) is 3.96. The molecule has 3 nitrogen and oxygen atoms in total. The molecule has 3 aliphatic rings. The Balaban J connectivity index is 1.33. The zero-order valence-electron chi connectivity index (χ0n) is 12.8. The van der Waals surface area contributed by atoms with Crippen molar-refractivity contribution in [1.29, 1.82) is 0 Å². The molecule has 0 bridgehead atoms. The van der Waals surface area contributed by atoms with E-state index in [4.69, 9.17) is 5.73 Å². The number of fused-ring (bicyclic) bond motifs is 1. The van der Waals surface area contributed by atoms with Gasteiger partial charge in [0.05, 0.1) is 0 Å². The third-order valence-corrected chi connectivity index (χ3v) is 5.95. The lowest BCUT2D eigenvalue weighted by Gasteiger charge is -2.25. The molecule has 1 aromatic carbocycles. The van der Waals surface area contributed by atoms with Crippen molar-refractivity contribution in [2.75, 3.05) is 26.2 Å². The van der Waals surface area contributed by atoms with Crippen LogP contribution in [0.25, 0.3) is 0 Å². The molecule has 114 valence electrons. The highest BCUT2D eigenvalue weighted by Gasteiger charge is 2.43. The second-order valence-electron chi connectivity index (χ2n) is 7.28. The van der Waals surface area contributed by atoms with Crippen LogP contribution in [0.2, 0.25) is 0 Å². The van der Waals surface area contributed by atoms with Gasteiger partial charge >= 0.3 is 0 Å². The monoisotopic (exact) mass is 285 g/mol. The molecule has 4 unspecified atom stereocenters. The maximum Gasteiger partial charge on any atom is 0.0235 e. The Bertz CT molecular complexity index is 475. The Kier molecular flexibility index (Phi) is 3.74. The van der Waals surface area contributed by atoms with Crippen LogP contribution in [0.5, 0.6) is 0 Å². The van der Waals surface area contributed by atoms with Crippen LogP contribution < -0.4 is 5.73 Å². The normalized spacial score (nSPS) is 37.2. The van der Waals surface area contributed by atoms with Crippen LogP contribution in [0, 0.1) is 11.8 Å². The molecule has 2 saturated heterocycles. The van der Waals surface area contributed by atoms with Gasteiger partial charge in [-0.3, -0.25) is 9.80 Å². The molecule has 3 heteroatoms. The fourth-order valence-corrected chi connectivity index (χ4v) is 4.74. The Labute approximate surface area is 128 Å². The first-order valence-corrected chi connectivity index (χ1v) is 8.55. The van der Waals surface area contributed by atoms with Gasteiger partial charge in [0.25, 0.3) is 0 Å². The van der Waals surface area contributed by atoms with Crippen molar-refractivity contribution in [3.05, 3.63) is 35.9 Å². The number of nitrogens with zero attached hydrogens (tertiary/aromatic N) is 2. The molecule has 0 radical (unpaired) electrons. The summed E-state index contributed by atoms with van der Waals surface area (Å²) in [5.41, 5.74) is 7.72. The Morgan fingerprint density at radius 3 is 2.67 bits per heavy atom. The van der Waals surface area contributed by atoms with Crippen LogP contribution >= 0.6 is 0 Å². The quantitative estimate of drug-likeness (QED) is 0.921. The molecule has 0 amide bonds. The summed E-state index contributed by atoms with van der Waals surface area (Å²) in [5, 5.41) is 0. The minimum absolute atomic E-state index is 0.474. The van der Waals surface area contributed by atoms with E-state index in [2.05, 4.69) is 40.1 Å². The summed E-state index contributed by atoms with van der Waals surface area (Å²) >= 11 is 0. The van der Waals surface area contributed by atoms with Crippen LogP contribution in [0.3, 0.4) is 0 Å². The van der Waals surface area contributed by atoms with Crippen molar-refractivity contribution in [3.8, 4) is 0 Å². The fraction of sp³-hybridized carbons (Fsp3) is 0.667. The van der Waals surface area contributed by atoms with Crippen molar-refractivity contribution in [2.45, 2.75) is 37.9 Å². The van der Waals surface area contributed by atoms with E-state index in [1.165, 1.54) is 51.0 Å². The molecule has 21 heavy (non-hydrogen) atoms. The maximum atomic E-state index is 6.27. The molecule has 0 aromatic heterocycles. The van der Waals surface area contributed by atoms with Crippen molar-refractivity contribution in [3.63, 3.8) is 0 Å². The van der Waals surface area contributed by atoms with E-state index in [0.717, 1.165) is 24.4 Å². The van der Waals surface area contributed by atoms with Gasteiger partial charge in [-0.05, 0) is 36.7 Å². The summed E-state index contributed by atoms with van der Waals surface area (Å²) in [4.78, 5) is 5.37. The predicted octanol–water partition coefficient (Wildman–Crippen LogP) is 1.93. The largest absolute Gasteiger partial charge is 0.327 e. The van der Waals surface area contributed by atoms with Crippen LogP contribution in [-0.4, -0.2) is 48.1 Å². The maximum absolute atomic E-state index is 6.27. The standard InChI is InChI=1S/C18H27N3/c19-18-7-6-15-11-21(13-17(15)18)16-8-9-20(12-16)10-14-4-2-1-3-5-14/h1-5,15-18H,6-13,19H2. The number of rotatable bonds is 3. The van der Waals surface area contributed by atoms with Crippen molar-refractivity contribution < 1.29 is 0 Å². The highest BCUT2D eigenvalue weighted by atomic mass is 15.3. The SMILES string of the molecule is NC1CCC2CN(C3CCN(Cc4ccccc4)C3)CC12. The topological polar surface area (TPSA) is 32.5 Å².